The Labute approximate surface area is 106 Å². The summed E-state index contributed by atoms with van der Waals surface area (Å²) in [5, 5.41) is 14.1. The predicted molar refractivity (Wildman–Crippen MR) is 71.0 cm³/mol. The van der Waals surface area contributed by atoms with Crippen molar-refractivity contribution in [1.29, 1.82) is 0 Å². The number of para-hydroxylation sites is 1. The average molecular weight is 253 g/mol. The highest BCUT2D eigenvalue weighted by molar-refractivity contribution is 5.68. The standard InChI is InChI=1S/C12H19N3O3/c1-3-18-11-6-4-5-10(12(11)15(16)17)14-8-7-9(2)13/h4-6,9,14H,3,7-8,13H2,1-2H3. The van der Waals surface area contributed by atoms with Crippen molar-refractivity contribution in [3.05, 3.63) is 28.3 Å². The minimum Gasteiger partial charge on any atom is -0.487 e. The van der Waals surface area contributed by atoms with Crippen LogP contribution < -0.4 is 15.8 Å². The van der Waals surface area contributed by atoms with E-state index in [9.17, 15) is 10.1 Å². The number of nitrogens with two attached hydrogens (primary N) is 1. The molecule has 0 radical (unpaired) electrons. The maximum absolute atomic E-state index is 11.1. The molecular weight excluding hydrogens is 234 g/mol. The Balaban J connectivity index is 2.88. The van der Waals surface area contributed by atoms with Crippen LogP contribution in [0.15, 0.2) is 18.2 Å². The van der Waals surface area contributed by atoms with Crippen molar-refractivity contribution in [2.24, 2.45) is 5.73 Å². The van der Waals surface area contributed by atoms with Gasteiger partial charge in [0.1, 0.15) is 5.69 Å². The van der Waals surface area contributed by atoms with Crippen LogP contribution in [0.2, 0.25) is 0 Å². The van der Waals surface area contributed by atoms with Crippen LogP contribution in [0.3, 0.4) is 0 Å². The molecule has 1 aromatic carbocycles. The van der Waals surface area contributed by atoms with E-state index >= 15 is 0 Å². The molecule has 0 heterocycles. The maximum Gasteiger partial charge on any atom is 0.333 e. The Morgan fingerprint density at radius 3 is 2.83 bits per heavy atom. The summed E-state index contributed by atoms with van der Waals surface area (Å²) in [5.74, 6) is 0.285. The minimum atomic E-state index is -0.431. The van der Waals surface area contributed by atoms with Crippen LogP contribution in [0.1, 0.15) is 20.3 Å². The number of nitrogens with zero attached hydrogens (tertiary/aromatic N) is 1. The summed E-state index contributed by atoms with van der Waals surface area (Å²) in [7, 11) is 0. The van der Waals surface area contributed by atoms with Gasteiger partial charge < -0.3 is 15.8 Å². The third kappa shape index (κ3) is 3.89. The highest BCUT2D eigenvalue weighted by Gasteiger charge is 2.20. The van der Waals surface area contributed by atoms with Gasteiger partial charge >= 0.3 is 5.69 Å². The maximum atomic E-state index is 11.1. The van der Waals surface area contributed by atoms with Gasteiger partial charge in [0.05, 0.1) is 11.5 Å². The average Bonchev–Trinajstić information content (AvgIpc) is 2.28. The molecule has 1 rings (SSSR count). The number of nitro groups is 1. The molecule has 0 fully saturated rings. The number of nitro benzene ring substituents is 1. The van der Waals surface area contributed by atoms with Crippen LogP contribution in [0.4, 0.5) is 11.4 Å². The highest BCUT2D eigenvalue weighted by atomic mass is 16.6. The van der Waals surface area contributed by atoms with Crippen LogP contribution in [-0.4, -0.2) is 24.1 Å². The molecule has 0 saturated carbocycles. The number of nitrogens with one attached hydrogen (secondary N) is 1. The second-order valence-corrected chi connectivity index (χ2v) is 4.04. The molecule has 0 amide bonds. The third-order valence-corrected chi connectivity index (χ3v) is 2.40. The molecule has 0 aromatic heterocycles. The minimum absolute atomic E-state index is 0.0241. The summed E-state index contributed by atoms with van der Waals surface area (Å²) in [6.07, 6.45) is 0.746. The van der Waals surface area contributed by atoms with E-state index in [1.165, 1.54) is 0 Å². The van der Waals surface area contributed by atoms with Crippen molar-refractivity contribution >= 4 is 11.4 Å². The summed E-state index contributed by atoms with van der Waals surface area (Å²) < 4.78 is 5.26. The molecule has 1 unspecified atom stereocenters. The van der Waals surface area contributed by atoms with Gasteiger partial charge in [0.2, 0.25) is 0 Å². The topological polar surface area (TPSA) is 90.4 Å². The Morgan fingerprint density at radius 1 is 1.56 bits per heavy atom. The fourth-order valence-corrected chi connectivity index (χ4v) is 1.56. The van der Waals surface area contributed by atoms with Gasteiger partial charge in [-0.25, -0.2) is 0 Å². The van der Waals surface area contributed by atoms with Gasteiger partial charge in [-0.15, -0.1) is 0 Å². The second kappa shape index (κ2) is 6.80. The number of hydrogen-bond donors (Lipinski definition) is 2. The Bertz CT molecular complexity index is 408. The molecule has 0 spiro atoms. The monoisotopic (exact) mass is 253 g/mol. The van der Waals surface area contributed by atoms with Gasteiger partial charge in [0.25, 0.3) is 0 Å². The van der Waals surface area contributed by atoms with Crippen LogP contribution >= 0.6 is 0 Å². The lowest BCUT2D eigenvalue weighted by atomic mass is 10.2. The van der Waals surface area contributed by atoms with Crippen molar-refractivity contribution in [2.75, 3.05) is 18.5 Å². The normalized spacial score (nSPS) is 11.9. The quantitative estimate of drug-likeness (QED) is 0.574. The van der Waals surface area contributed by atoms with Crippen molar-refractivity contribution in [2.45, 2.75) is 26.3 Å². The fraction of sp³-hybridized carbons (Fsp3) is 0.500. The van der Waals surface area contributed by atoms with E-state index < -0.39 is 4.92 Å². The molecule has 6 heteroatoms. The number of hydrogen-bond acceptors (Lipinski definition) is 5. The van der Waals surface area contributed by atoms with E-state index in [1.807, 2.05) is 6.92 Å². The van der Waals surface area contributed by atoms with E-state index in [1.54, 1.807) is 25.1 Å². The molecule has 1 atom stereocenters. The molecule has 0 aliphatic rings. The lowest BCUT2D eigenvalue weighted by Crippen LogP contribution is -2.19. The lowest BCUT2D eigenvalue weighted by molar-refractivity contribution is -0.384. The fourth-order valence-electron chi connectivity index (χ4n) is 1.56. The van der Waals surface area contributed by atoms with E-state index in [2.05, 4.69) is 5.32 Å². The van der Waals surface area contributed by atoms with E-state index in [-0.39, 0.29) is 17.5 Å². The smallest absolute Gasteiger partial charge is 0.333 e. The highest BCUT2D eigenvalue weighted by Crippen LogP contribution is 2.34. The van der Waals surface area contributed by atoms with Gasteiger partial charge in [-0.1, -0.05) is 6.07 Å². The van der Waals surface area contributed by atoms with Gasteiger partial charge in [-0.3, -0.25) is 10.1 Å². The van der Waals surface area contributed by atoms with Gasteiger partial charge in [-0.2, -0.15) is 0 Å². The SMILES string of the molecule is CCOc1cccc(NCCC(C)N)c1[N+](=O)[O-]. The zero-order chi connectivity index (χ0) is 13.5. The molecule has 0 aliphatic heterocycles. The van der Waals surface area contributed by atoms with Gasteiger partial charge in [0.15, 0.2) is 5.75 Å². The Kier molecular flexibility index (Phi) is 5.38. The van der Waals surface area contributed by atoms with Crippen LogP contribution in [0, 0.1) is 10.1 Å². The first-order valence-corrected chi connectivity index (χ1v) is 5.96. The second-order valence-electron chi connectivity index (χ2n) is 4.04. The van der Waals surface area contributed by atoms with Crippen LogP contribution in [0.5, 0.6) is 5.75 Å². The predicted octanol–water partition coefficient (Wildman–Crippen LogP) is 2.14. The number of ether oxygens (including phenoxy) is 1. The summed E-state index contributed by atoms with van der Waals surface area (Å²) >= 11 is 0. The number of anilines is 1. The number of benzene rings is 1. The molecule has 1 aromatic rings. The van der Waals surface area contributed by atoms with Crippen molar-refractivity contribution in [3.63, 3.8) is 0 Å². The van der Waals surface area contributed by atoms with Crippen molar-refractivity contribution in [1.82, 2.24) is 0 Å². The first kappa shape index (κ1) is 14.2. The first-order chi connectivity index (χ1) is 8.56. The Morgan fingerprint density at radius 2 is 2.28 bits per heavy atom. The molecule has 0 bridgehead atoms. The van der Waals surface area contributed by atoms with Crippen molar-refractivity contribution < 1.29 is 9.66 Å². The zero-order valence-corrected chi connectivity index (χ0v) is 10.7. The molecule has 0 aliphatic carbocycles. The molecule has 3 N–H and O–H groups in total. The third-order valence-electron chi connectivity index (χ3n) is 2.40. The molecule has 6 nitrogen and oxygen atoms in total. The first-order valence-electron chi connectivity index (χ1n) is 5.96. The lowest BCUT2D eigenvalue weighted by Gasteiger charge is -2.11. The summed E-state index contributed by atoms with van der Waals surface area (Å²) in [6.45, 7) is 4.67. The van der Waals surface area contributed by atoms with Crippen molar-refractivity contribution in [3.8, 4) is 5.75 Å². The summed E-state index contributed by atoms with van der Waals surface area (Å²) in [4.78, 5) is 10.6. The summed E-state index contributed by atoms with van der Waals surface area (Å²) in [5.41, 5.74) is 6.07. The Hall–Kier alpha value is -1.82. The number of rotatable bonds is 7. The summed E-state index contributed by atoms with van der Waals surface area (Å²) in [6, 6.07) is 5.05. The van der Waals surface area contributed by atoms with E-state index in [0.29, 0.717) is 18.8 Å². The largest absolute Gasteiger partial charge is 0.487 e. The van der Waals surface area contributed by atoms with E-state index in [0.717, 1.165) is 6.42 Å². The zero-order valence-electron chi connectivity index (χ0n) is 10.7. The molecule has 100 valence electrons. The molecule has 18 heavy (non-hydrogen) atoms. The van der Waals surface area contributed by atoms with Crippen LogP contribution in [0.25, 0.3) is 0 Å². The molecular formula is C12H19N3O3. The molecule has 0 saturated heterocycles. The van der Waals surface area contributed by atoms with Gasteiger partial charge in [-0.05, 0) is 32.4 Å². The van der Waals surface area contributed by atoms with Crippen LogP contribution in [-0.2, 0) is 0 Å². The van der Waals surface area contributed by atoms with Gasteiger partial charge in [0, 0.05) is 12.6 Å². The van der Waals surface area contributed by atoms with E-state index in [4.69, 9.17) is 10.5 Å².